The minimum Gasteiger partial charge on any atom is -0.490 e. The summed E-state index contributed by atoms with van der Waals surface area (Å²) in [5.41, 5.74) is 6.42. The lowest BCUT2D eigenvalue weighted by Gasteiger charge is -2.16. The van der Waals surface area contributed by atoms with Gasteiger partial charge in [-0.25, -0.2) is 10.2 Å². The summed E-state index contributed by atoms with van der Waals surface area (Å²) >= 11 is 2.03. The number of aromatic nitrogens is 1. The number of furan rings is 1. The van der Waals surface area contributed by atoms with Crippen molar-refractivity contribution in [2.24, 2.45) is 5.10 Å². The normalized spacial score (nSPS) is 11.8. The highest BCUT2D eigenvalue weighted by Crippen LogP contribution is 2.34. The summed E-state index contributed by atoms with van der Waals surface area (Å²) < 4.78 is 25.4. The fourth-order valence-electron chi connectivity index (χ4n) is 3.99. The number of carbonyl (C=O) groups is 2. The molecule has 4 rings (SSSR count). The van der Waals surface area contributed by atoms with Gasteiger partial charge in [0.1, 0.15) is 18.1 Å². The third-order valence-electron chi connectivity index (χ3n) is 5.99. The van der Waals surface area contributed by atoms with E-state index >= 15 is 0 Å². The van der Waals surface area contributed by atoms with Gasteiger partial charge in [0.2, 0.25) is 0 Å². The van der Waals surface area contributed by atoms with Gasteiger partial charge in [0.25, 0.3) is 0 Å². The molecular formula is C30H30IN3O7. The van der Waals surface area contributed by atoms with E-state index in [-0.39, 0.29) is 12.4 Å². The molecule has 2 heterocycles. The van der Waals surface area contributed by atoms with Crippen LogP contribution in [-0.2, 0) is 11.4 Å². The topological polar surface area (TPSA) is 125 Å². The van der Waals surface area contributed by atoms with Gasteiger partial charge in [-0.2, -0.15) is 5.10 Å². The first-order valence-corrected chi connectivity index (χ1v) is 13.9. The minimum absolute atomic E-state index is 0.0886. The average Bonchev–Trinajstić information content (AvgIpc) is 3.55. The highest BCUT2D eigenvalue weighted by atomic mass is 127. The zero-order valence-corrected chi connectivity index (χ0v) is 25.2. The van der Waals surface area contributed by atoms with Crippen molar-refractivity contribution in [2.45, 2.75) is 40.4 Å². The van der Waals surface area contributed by atoms with E-state index in [1.54, 1.807) is 24.3 Å². The smallest absolute Gasteiger partial charge is 0.344 e. The molecule has 4 aromatic rings. The second-order valence-electron chi connectivity index (χ2n) is 9.06. The van der Waals surface area contributed by atoms with Crippen LogP contribution in [0.3, 0.4) is 0 Å². The predicted octanol–water partition coefficient (Wildman–Crippen LogP) is 5.89. The Morgan fingerprint density at radius 3 is 2.44 bits per heavy atom. The molecule has 41 heavy (non-hydrogen) atoms. The number of benzene rings is 2. The number of aryl methyl sites for hydroxylation is 2. The lowest BCUT2D eigenvalue weighted by molar-refractivity contribution is -0.144. The molecule has 2 aromatic carbocycles. The zero-order chi connectivity index (χ0) is 29.5. The number of ether oxygens (including phenoxy) is 3. The number of hydrogen-bond acceptors (Lipinski definition) is 7. The number of amides is 1. The minimum atomic E-state index is -1.09. The average molecular weight is 671 g/mol. The van der Waals surface area contributed by atoms with Crippen LogP contribution in [0.4, 0.5) is 0 Å². The van der Waals surface area contributed by atoms with E-state index in [0.29, 0.717) is 38.7 Å². The number of nitrogens with one attached hydrogen (secondary N) is 1. The number of aliphatic carboxylic acids is 1. The molecule has 0 fully saturated rings. The van der Waals surface area contributed by atoms with Crippen molar-refractivity contribution in [1.29, 1.82) is 0 Å². The van der Waals surface area contributed by atoms with Crippen LogP contribution in [0.25, 0.3) is 5.69 Å². The van der Waals surface area contributed by atoms with Gasteiger partial charge in [-0.1, -0.05) is 0 Å². The number of hydrazone groups is 1. The maximum Gasteiger partial charge on any atom is 0.344 e. The molecule has 11 heteroatoms. The zero-order valence-electron chi connectivity index (χ0n) is 23.0. The van der Waals surface area contributed by atoms with Crippen molar-refractivity contribution >= 4 is 40.7 Å². The SMILES string of the molecule is CCOc1cc(/C=N/NC(=O)c2ccc(COc3ccc(-n4c(C)ccc4C)cc3)o2)cc(I)c1O[C@@H](C)C(=O)O. The molecule has 0 saturated carbocycles. The van der Waals surface area contributed by atoms with Crippen LogP contribution in [-0.4, -0.2) is 40.5 Å². The molecule has 10 nitrogen and oxygen atoms in total. The van der Waals surface area contributed by atoms with Gasteiger partial charge in [-0.3, -0.25) is 4.79 Å². The molecule has 2 aromatic heterocycles. The summed E-state index contributed by atoms with van der Waals surface area (Å²) in [5.74, 6) is 0.351. The highest BCUT2D eigenvalue weighted by Gasteiger charge is 2.19. The van der Waals surface area contributed by atoms with Crippen molar-refractivity contribution in [3.8, 4) is 22.9 Å². The summed E-state index contributed by atoms with van der Waals surface area (Å²) in [4.78, 5) is 23.7. The Kier molecular flexibility index (Phi) is 9.71. The van der Waals surface area contributed by atoms with Crippen LogP contribution in [0.2, 0.25) is 0 Å². The van der Waals surface area contributed by atoms with Crippen molar-refractivity contribution < 1.29 is 33.3 Å². The second-order valence-corrected chi connectivity index (χ2v) is 10.2. The lowest BCUT2D eigenvalue weighted by Crippen LogP contribution is -2.23. The van der Waals surface area contributed by atoms with Gasteiger partial charge in [-0.05, 0) is 117 Å². The molecular weight excluding hydrogens is 641 g/mol. The number of carboxylic acid groups (broad SMARTS) is 1. The highest BCUT2D eigenvalue weighted by molar-refractivity contribution is 14.1. The van der Waals surface area contributed by atoms with Gasteiger partial charge < -0.3 is 28.3 Å². The first-order chi connectivity index (χ1) is 19.7. The molecule has 0 spiro atoms. The number of carboxylic acids is 1. The molecule has 0 aliphatic rings. The van der Waals surface area contributed by atoms with Crippen molar-refractivity contribution in [3.63, 3.8) is 0 Å². The summed E-state index contributed by atoms with van der Waals surface area (Å²) in [6, 6.07) is 18.5. The number of hydrogen-bond donors (Lipinski definition) is 2. The molecule has 214 valence electrons. The Morgan fingerprint density at radius 1 is 1.07 bits per heavy atom. The van der Waals surface area contributed by atoms with Crippen LogP contribution in [0.5, 0.6) is 17.2 Å². The van der Waals surface area contributed by atoms with E-state index in [0.717, 1.165) is 17.1 Å². The molecule has 0 radical (unpaired) electrons. The van der Waals surface area contributed by atoms with E-state index in [9.17, 15) is 9.59 Å². The first kappa shape index (κ1) is 29.7. The van der Waals surface area contributed by atoms with Crippen molar-refractivity contribution in [3.05, 3.63) is 92.7 Å². The molecule has 0 saturated heterocycles. The Morgan fingerprint density at radius 2 is 1.78 bits per heavy atom. The number of halogens is 1. The second kappa shape index (κ2) is 13.4. The molecule has 0 bridgehead atoms. The largest absolute Gasteiger partial charge is 0.490 e. The Balaban J connectivity index is 1.34. The van der Waals surface area contributed by atoms with Crippen LogP contribution >= 0.6 is 22.6 Å². The third-order valence-corrected chi connectivity index (χ3v) is 6.79. The molecule has 1 atom stereocenters. The van der Waals surface area contributed by atoms with E-state index in [4.69, 9.17) is 23.7 Å². The number of nitrogens with zero attached hydrogens (tertiary/aromatic N) is 2. The van der Waals surface area contributed by atoms with Crippen molar-refractivity contribution in [2.75, 3.05) is 6.61 Å². The van der Waals surface area contributed by atoms with E-state index < -0.39 is 18.0 Å². The molecule has 2 N–H and O–H groups in total. The summed E-state index contributed by atoms with van der Waals surface area (Å²) in [6.07, 6.45) is 0.398. The predicted molar refractivity (Wildman–Crippen MR) is 161 cm³/mol. The summed E-state index contributed by atoms with van der Waals surface area (Å²) in [7, 11) is 0. The molecule has 1 amide bonds. The van der Waals surface area contributed by atoms with Gasteiger partial charge in [0, 0.05) is 17.1 Å². The van der Waals surface area contributed by atoms with Crippen molar-refractivity contribution in [1.82, 2.24) is 9.99 Å². The van der Waals surface area contributed by atoms with Crippen LogP contribution in [0.1, 0.15) is 47.1 Å². The Bertz CT molecular complexity index is 1540. The lowest BCUT2D eigenvalue weighted by atomic mass is 10.2. The monoisotopic (exact) mass is 671 g/mol. The van der Waals surface area contributed by atoms with Gasteiger partial charge >= 0.3 is 11.9 Å². The van der Waals surface area contributed by atoms with Crippen LogP contribution < -0.4 is 19.6 Å². The van der Waals surface area contributed by atoms with E-state index in [1.807, 2.05) is 53.8 Å². The van der Waals surface area contributed by atoms with E-state index in [2.05, 4.69) is 41.1 Å². The standard InChI is InChI=1S/C30H30IN3O7/c1-5-38-27-15-21(14-25(31)28(27)40-20(4)30(36)37)16-32-33-29(35)26-13-12-24(41-26)17-39-23-10-8-22(9-11-23)34-18(2)6-7-19(34)3/h6-16,20H,5,17H2,1-4H3,(H,33,35)(H,36,37)/b32-16+/t20-/m0/s1. The van der Waals surface area contributed by atoms with Gasteiger partial charge in [0.15, 0.2) is 23.4 Å². The molecule has 0 aliphatic carbocycles. The maximum absolute atomic E-state index is 12.5. The fourth-order valence-corrected chi connectivity index (χ4v) is 4.74. The molecule has 0 unspecified atom stereocenters. The molecule has 0 aliphatic heterocycles. The van der Waals surface area contributed by atoms with E-state index in [1.165, 1.54) is 13.1 Å². The maximum atomic E-state index is 12.5. The van der Waals surface area contributed by atoms with Crippen LogP contribution in [0.15, 0.2) is 70.2 Å². The third kappa shape index (κ3) is 7.48. The summed E-state index contributed by atoms with van der Waals surface area (Å²) in [6.45, 7) is 7.88. The number of rotatable bonds is 12. The first-order valence-electron chi connectivity index (χ1n) is 12.8. The van der Waals surface area contributed by atoms with Gasteiger partial charge in [-0.15, -0.1) is 0 Å². The Hall–Kier alpha value is -4.26. The number of carbonyl (C=O) groups excluding carboxylic acids is 1. The quantitative estimate of drug-likeness (QED) is 0.109. The summed E-state index contributed by atoms with van der Waals surface area (Å²) in [5, 5.41) is 13.2. The Labute approximate surface area is 251 Å². The fraction of sp³-hybridized carbons (Fsp3) is 0.233. The van der Waals surface area contributed by atoms with Gasteiger partial charge in [0.05, 0.1) is 16.4 Å². The van der Waals surface area contributed by atoms with Crippen LogP contribution in [0, 0.1) is 17.4 Å².